The Labute approximate surface area is 127 Å². The van der Waals surface area contributed by atoms with Crippen LogP contribution in [0.4, 0.5) is 0 Å². The zero-order valence-electron chi connectivity index (χ0n) is 10.0. The van der Waals surface area contributed by atoms with Crippen molar-refractivity contribution in [2.75, 3.05) is 0 Å². The summed E-state index contributed by atoms with van der Waals surface area (Å²) < 4.78 is 0. The lowest BCUT2D eigenvalue weighted by Gasteiger charge is -2.17. The Hall–Kier alpha value is -0.770. The minimum Gasteiger partial charge on any atom is -0.271 e. The van der Waals surface area contributed by atoms with E-state index in [0.29, 0.717) is 21.5 Å². The van der Waals surface area contributed by atoms with Gasteiger partial charge in [0.1, 0.15) is 0 Å². The quantitative estimate of drug-likeness (QED) is 0.648. The normalized spacial score (nSPS) is 12.4. The van der Waals surface area contributed by atoms with Crippen molar-refractivity contribution in [3.8, 4) is 0 Å². The third-order valence-corrected chi connectivity index (χ3v) is 3.75. The van der Waals surface area contributed by atoms with Gasteiger partial charge in [0.15, 0.2) is 0 Å². The van der Waals surface area contributed by atoms with Crippen LogP contribution in [-0.4, -0.2) is 0 Å². The number of hydrogen-bond acceptors (Lipinski definition) is 2. The molecule has 0 aliphatic carbocycles. The predicted octanol–water partition coefficient (Wildman–Crippen LogP) is 4.39. The molecule has 2 aromatic carbocycles. The number of halogens is 3. The molecular formula is C14H13Cl3N2. The molecular weight excluding hydrogens is 303 g/mol. The molecule has 2 rings (SSSR count). The topological polar surface area (TPSA) is 38.0 Å². The van der Waals surface area contributed by atoms with Gasteiger partial charge in [-0.25, -0.2) is 0 Å². The molecule has 0 bridgehead atoms. The predicted molar refractivity (Wildman–Crippen MR) is 81.7 cm³/mol. The molecule has 0 saturated heterocycles. The molecule has 5 heteroatoms. The van der Waals surface area contributed by atoms with Crippen molar-refractivity contribution in [1.29, 1.82) is 0 Å². The third-order valence-electron chi connectivity index (χ3n) is 2.91. The van der Waals surface area contributed by atoms with E-state index in [0.717, 1.165) is 11.1 Å². The van der Waals surface area contributed by atoms with Crippen LogP contribution >= 0.6 is 34.8 Å². The molecule has 19 heavy (non-hydrogen) atoms. The summed E-state index contributed by atoms with van der Waals surface area (Å²) in [6.45, 7) is 0. The van der Waals surface area contributed by atoms with E-state index in [1.807, 2.05) is 36.4 Å². The van der Waals surface area contributed by atoms with Gasteiger partial charge in [-0.1, -0.05) is 53.0 Å². The first kappa shape index (κ1) is 14.6. The fourth-order valence-corrected chi connectivity index (χ4v) is 2.49. The Bertz CT molecular complexity index is 555. The monoisotopic (exact) mass is 314 g/mol. The van der Waals surface area contributed by atoms with Gasteiger partial charge in [-0.15, -0.1) is 0 Å². The van der Waals surface area contributed by atoms with Crippen molar-refractivity contribution in [2.24, 2.45) is 5.84 Å². The summed E-state index contributed by atoms with van der Waals surface area (Å²) in [5.74, 6) is 5.62. The largest absolute Gasteiger partial charge is 0.271 e. The molecule has 0 saturated carbocycles. The van der Waals surface area contributed by atoms with Crippen LogP contribution < -0.4 is 11.3 Å². The van der Waals surface area contributed by atoms with Crippen LogP contribution in [0.5, 0.6) is 0 Å². The minimum atomic E-state index is -0.0315. The van der Waals surface area contributed by atoms with Gasteiger partial charge in [0.2, 0.25) is 0 Å². The maximum atomic E-state index is 6.17. The number of rotatable bonds is 4. The number of benzene rings is 2. The molecule has 3 N–H and O–H groups in total. The zero-order valence-corrected chi connectivity index (χ0v) is 12.3. The first-order valence-corrected chi connectivity index (χ1v) is 6.89. The standard InChI is InChI=1S/C14H13Cl3N2/c15-11-4-1-9(2-5-11)14(19-18)7-10-3-6-12(16)8-13(10)17/h1-6,8,14,19H,7,18H2. The van der Waals surface area contributed by atoms with Gasteiger partial charge in [-0.2, -0.15) is 0 Å². The van der Waals surface area contributed by atoms with Crippen LogP contribution in [-0.2, 0) is 6.42 Å². The Balaban J connectivity index is 2.21. The van der Waals surface area contributed by atoms with Gasteiger partial charge >= 0.3 is 0 Å². The first-order chi connectivity index (χ1) is 9.10. The van der Waals surface area contributed by atoms with Crippen LogP contribution in [0, 0.1) is 0 Å². The highest BCUT2D eigenvalue weighted by atomic mass is 35.5. The summed E-state index contributed by atoms with van der Waals surface area (Å²) in [5.41, 5.74) is 4.84. The molecule has 2 nitrogen and oxygen atoms in total. The Kier molecular flexibility index (Phi) is 5.08. The Morgan fingerprint density at radius 2 is 1.58 bits per heavy atom. The van der Waals surface area contributed by atoms with E-state index in [-0.39, 0.29) is 6.04 Å². The van der Waals surface area contributed by atoms with E-state index in [9.17, 15) is 0 Å². The van der Waals surface area contributed by atoms with Crippen LogP contribution in [0.2, 0.25) is 15.1 Å². The molecule has 2 aromatic rings. The van der Waals surface area contributed by atoms with E-state index in [1.54, 1.807) is 6.07 Å². The minimum absolute atomic E-state index is 0.0315. The van der Waals surface area contributed by atoms with Crippen LogP contribution in [0.1, 0.15) is 17.2 Å². The highest BCUT2D eigenvalue weighted by Crippen LogP contribution is 2.26. The van der Waals surface area contributed by atoms with Crippen molar-refractivity contribution >= 4 is 34.8 Å². The van der Waals surface area contributed by atoms with E-state index in [4.69, 9.17) is 40.6 Å². The third kappa shape index (κ3) is 3.85. The summed E-state index contributed by atoms with van der Waals surface area (Å²) in [6.07, 6.45) is 0.675. The lowest BCUT2D eigenvalue weighted by atomic mass is 9.99. The first-order valence-electron chi connectivity index (χ1n) is 5.75. The molecule has 0 fully saturated rings. The second kappa shape index (κ2) is 6.60. The van der Waals surface area contributed by atoms with Gasteiger partial charge in [0, 0.05) is 15.1 Å². The average molecular weight is 316 g/mol. The SMILES string of the molecule is NNC(Cc1ccc(Cl)cc1Cl)c1ccc(Cl)cc1. The molecule has 0 aromatic heterocycles. The van der Waals surface area contributed by atoms with Crippen LogP contribution in [0.15, 0.2) is 42.5 Å². The Morgan fingerprint density at radius 3 is 2.16 bits per heavy atom. The molecule has 1 atom stereocenters. The highest BCUT2D eigenvalue weighted by molar-refractivity contribution is 6.35. The lowest BCUT2D eigenvalue weighted by Crippen LogP contribution is -2.29. The van der Waals surface area contributed by atoms with Crippen LogP contribution in [0.25, 0.3) is 0 Å². The molecule has 0 aliphatic rings. The summed E-state index contributed by atoms with van der Waals surface area (Å²) in [4.78, 5) is 0. The molecule has 100 valence electrons. The number of hydrazine groups is 1. The van der Waals surface area contributed by atoms with Gasteiger partial charge in [-0.05, 0) is 41.8 Å². The van der Waals surface area contributed by atoms with Crippen molar-refractivity contribution in [3.05, 3.63) is 68.7 Å². The average Bonchev–Trinajstić information content (AvgIpc) is 2.39. The molecule has 0 heterocycles. The maximum absolute atomic E-state index is 6.17. The highest BCUT2D eigenvalue weighted by Gasteiger charge is 2.12. The van der Waals surface area contributed by atoms with E-state index >= 15 is 0 Å². The molecule has 1 unspecified atom stereocenters. The van der Waals surface area contributed by atoms with Gasteiger partial charge < -0.3 is 0 Å². The van der Waals surface area contributed by atoms with Crippen molar-refractivity contribution < 1.29 is 0 Å². The molecule has 0 amide bonds. The van der Waals surface area contributed by atoms with Crippen molar-refractivity contribution in [3.63, 3.8) is 0 Å². The molecule has 0 spiro atoms. The summed E-state index contributed by atoms with van der Waals surface area (Å²) in [6, 6.07) is 13.0. The van der Waals surface area contributed by atoms with Crippen LogP contribution in [0.3, 0.4) is 0 Å². The summed E-state index contributed by atoms with van der Waals surface area (Å²) in [5, 5.41) is 1.96. The summed E-state index contributed by atoms with van der Waals surface area (Å²) >= 11 is 17.9. The van der Waals surface area contributed by atoms with Gasteiger partial charge in [0.05, 0.1) is 6.04 Å². The lowest BCUT2D eigenvalue weighted by molar-refractivity contribution is 0.552. The smallest absolute Gasteiger partial charge is 0.0500 e. The van der Waals surface area contributed by atoms with Gasteiger partial charge in [-0.3, -0.25) is 11.3 Å². The number of nitrogens with two attached hydrogens (primary N) is 1. The van der Waals surface area contributed by atoms with E-state index in [1.165, 1.54) is 0 Å². The number of hydrogen-bond donors (Lipinski definition) is 2. The fraction of sp³-hybridized carbons (Fsp3) is 0.143. The summed E-state index contributed by atoms with van der Waals surface area (Å²) in [7, 11) is 0. The zero-order chi connectivity index (χ0) is 13.8. The molecule has 0 radical (unpaired) electrons. The van der Waals surface area contributed by atoms with E-state index in [2.05, 4.69) is 5.43 Å². The number of nitrogens with one attached hydrogen (secondary N) is 1. The van der Waals surface area contributed by atoms with Crippen molar-refractivity contribution in [1.82, 2.24) is 5.43 Å². The Morgan fingerprint density at radius 1 is 0.947 bits per heavy atom. The van der Waals surface area contributed by atoms with Gasteiger partial charge in [0.25, 0.3) is 0 Å². The second-order valence-corrected chi connectivity index (χ2v) is 5.49. The van der Waals surface area contributed by atoms with E-state index < -0.39 is 0 Å². The molecule has 0 aliphatic heterocycles. The van der Waals surface area contributed by atoms with Crippen molar-refractivity contribution in [2.45, 2.75) is 12.5 Å². The fourth-order valence-electron chi connectivity index (χ4n) is 1.88. The maximum Gasteiger partial charge on any atom is 0.0500 e. The second-order valence-electron chi connectivity index (χ2n) is 4.21.